The van der Waals surface area contributed by atoms with Gasteiger partial charge in [-0.3, -0.25) is 4.79 Å². The first kappa shape index (κ1) is 21.2. The van der Waals surface area contributed by atoms with Crippen molar-refractivity contribution in [3.8, 4) is 5.75 Å². The highest BCUT2D eigenvalue weighted by Gasteiger charge is 2.05. The van der Waals surface area contributed by atoms with Crippen molar-refractivity contribution in [1.29, 1.82) is 0 Å². The number of urea groups is 1. The van der Waals surface area contributed by atoms with Crippen molar-refractivity contribution in [1.82, 2.24) is 16.0 Å². The molecule has 3 amide bonds. The van der Waals surface area contributed by atoms with Crippen LogP contribution < -0.4 is 20.7 Å². The largest absolute Gasteiger partial charge is 0.491 e. The van der Waals surface area contributed by atoms with Gasteiger partial charge in [-0.1, -0.05) is 24.3 Å². The molecule has 0 saturated heterocycles. The first-order chi connectivity index (χ1) is 13.4. The van der Waals surface area contributed by atoms with Gasteiger partial charge in [-0.15, -0.1) is 0 Å². The number of amides is 3. The summed E-state index contributed by atoms with van der Waals surface area (Å²) in [4.78, 5) is 23.5. The number of hydrogen-bond acceptors (Lipinski definition) is 3. The summed E-state index contributed by atoms with van der Waals surface area (Å²) in [6, 6.07) is 13.1. The predicted molar refractivity (Wildman–Crippen MR) is 106 cm³/mol. The van der Waals surface area contributed by atoms with Crippen LogP contribution in [0.4, 0.5) is 9.18 Å². The predicted octanol–water partition coefficient (Wildman–Crippen LogP) is 2.77. The molecular weight excluding hydrogens is 361 g/mol. The molecule has 0 saturated carbocycles. The van der Waals surface area contributed by atoms with Crippen LogP contribution in [0.3, 0.4) is 0 Å². The van der Waals surface area contributed by atoms with Gasteiger partial charge in [0.2, 0.25) is 5.91 Å². The van der Waals surface area contributed by atoms with E-state index in [-0.39, 0.29) is 30.9 Å². The molecule has 0 bridgehead atoms. The number of halogens is 1. The Bertz CT molecular complexity index is 761. The summed E-state index contributed by atoms with van der Waals surface area (Å²) in [7, 11) is 0. The minimum absolute atomic E-state index is 0.115. The highest BCUT2D eigenvalue weighted by atomic mass is 19.1. The van der Waals surface area contributed by atoms with E-state index in [2.05, 4.69) is 16.0 Å². The molecule has 0 spiro atoms. The number of nitrogens with one attached hydrogen (secondary N) is 3. The molecule has 0 aliphatic carbocycles. The Kier molecular flexibility index (Phi) is 8.27. The van der Waals surface area contributed by atoms with Crippen LogP contribution in [0.1, 0.15) is 25.0 Å². The summed E-state index contributed by atoms with van der Waals surface area (Å²) in [5.41, 5.74) is 1.85. The molecule has 150 valence electrons. The molecule has 0 unspecified atom stereocenters. The molecule has 7 heteroatoms. The van der Waals surface area contributed by atoms with E-state index >= 15 is 0 Å². The normalized spacial score (nSPS) is 10.4. The third-order valence-corrected chi connectivity index (χ3v) is 3.81. The lowest BCUT2D eigenvalue weighted by Crippen LogP contribution is -2.42. The molecule has 0 fully saturated rings. The maximum atomic E-state index is 12.8. The molecule has 0 radical (unpaired) electrons. The van der Waals surface area contributed by atoms with Crippen LogP contribution in [0.5, 0.6) is 5.75 Å². The van der Waals surface area contributed by atoms with E-state index in [1.807, 2.05) is 38.1 Å². The van der Waals surface area contributed by atoms with Gasteiger partial charge in [-0.25, -0.2) is 9.18 Å². The zero-order valence-corrected chi connectivity index (χ0v) is 16.1. The van der Waals surface area contributed by atoms with Gasteiger partial charge in [0.1, 0.15) is 11.6 Å². The Labute approximate surface area is 164 Å². The number of hydrogen-bond donors (Lipinski definition) is 3. The zero-order chi connectivity index (χ0) is 20.4. The highest BCUT2D eigenvalue weighted by Crippen LogP contribution is 2.13. The Morgan fingerprint density at radius 1 is 0.929 bits per heavy atom. The van der Waals surface area contributed by atoms with Crippen molar-refractivity contribution in [2.75, 3.05) is 13.1 Å². The minimum atomic E-state index is -0.458. The topological polar surface area (TPSA) is 79.5 Å². The van der Waals surface area contributed by atoms with Gasteiger partial charge in [-0.05, 0) is 55.7 Å². The Morgan fingerprint density at radius 3 is 2.21 bits per heavy atom. The van der Waals surface area contributed by atoms with Gasteiger partial charge in [-0.2, -0.15) is 0 Å². The lowest BCUT2D eigenvalue weighted by Gasteiger charge is -2.11. The molecular formula is C21H26FN3O3. The van der Waals surface area contributed by atoms with Gasteiger partial charge in [0.25, 0.3) is 0 Å². The quantitative estimate of drug-likeness (QED) is 0.619. The van der Waals surface area contributed by atoms with Crippen LogP contribution >= 0.6 is 0 Å². The number of carbonyl (C=O) groups is 2. The molecule has 2 aromatic carbocycles. The van der Waals surface area contributed by atoms with Crippen LogP contribution in [0, 0.1) is 5.82 Å². The maximum Gasteiger partial charge on any atom is 0.315 e. The molecule has 28 heavy (non-hydrogen) atoms. The minimum Gasteiger partial charge on any atom is -0.491 e. The Balaban J connectivity index is 1.60. The summed E-state index contributed by atoms with van der Waals surface area (Å²) in [6.45, 7) is 4.56. The van der Waals surface area contributed by atoms with Gasteiger partial charge in [0.05, 0.1) is 12.6 Å². The molecule has 0 aromatic heterocycles. The molecule has 2 aromatic rings. The van der Waals surface area contributed by atoms with Crippen molar-refractivity contribution >= 4 is 11.9 Å². The fourth-order valence-electron chi connectivity index (χ4n) is 2.42. The average Bonchev–Trinajstić information content (AvgIpc) is 2.67. The SMILES string of the molecule is CC(C)Oc1ccc(CCNC(=O)CNC(=O)NCc2ccc(F)cc2)cc1. The maximum absolute atomic E-state index is 12.8. The van der Waals surface area contributed by atoms with E-state index in [0.717, 1.165) is 16.9 Å². The van der Waals surface area contributed by atoms with Crippen LogP contribution in [0.15, 0.2) is 48.5 Å². The van der Waals surface area contributed by atoms with Crippen LogP contribution in [-0.4, -0.2) is 31.1 Å². The van der Waals surface area contributed by atoms with Crippen LogP contribution in [0.2, 0.25) is 0 Å². The second-order valence-corrected chi connectivity index (χ2v) is 6.57. The summed E-state index contributed by atoms with van der Waals surface area (Å²) >= 11 is 0. The second-order valence-electron chi connectivity index (χ2n) is 6.57. The fraction of sp³-hybridized carbons (Fsp3) is 0.333. The van der Waals surface area contributed by atoms with E-state index in [9.17, 15) is 14.0 Å². The number of carbonyl (C=O) groups excluding carboxylic acids is 2. The lowest BCUT2D eigenvalue weighted by atomic mass is 10.1. The Hall–Kier alpha value is -3.09. The van der Waals surface area contributed by atoms with Crippen molar-refractivity contribution in [3.05, 3.63) is 65.5 Å². The summed E-state index contributed by atoms with van der Waals surface area (Å²) in [6.07, 6.45) is 0.815. The fourth-order valence-corrected chi connectivity index (χ4v) is 2.42. The number of benzene rings is 2. The van der Waals surface area contributed by atoms with Crippen LogP contribution in [-0.2, 0) is 17.8 Å². The number of ether oxygens (including phenoxy) is 1. The molecule has 2 rings (SSSR count). The van der Waals surface area contributed by atoms with Crippen molar-refractivity contribution in [2.24, 2.45) is 0 Å². The summed E-state index contributed by atoms with van der Waals surface area (Å²) < 4.78 is 18.4. The van der Waals surface area contributed by atoms with E-state index in [1.54, 1.807) is 12.1 Å². The standard InChI is InChI=1S/C21H26FN3O3/c1-15(2)28-19-9-5-16(6-10-19)11-12-23-20(26)14-25-21(27)24-13-17-3-7-18(22)8-4-17/h3-10,15H,11-14H2,1-2H3,(H,23,26)(H2,24,25,27). The van der Waals surface area contributed by atoms with Gasteiger partial charge in [0.15, 0.2) is 0 Å². The first-order valence-electron chi connectivity index (χ1n) is 9.21. The van der Waals surface area contributed by atoms with Gasteiger partial charge < -0.3 is 20.7 Å². The molecule has 0 aliphatic heterocycles. The molecule has 6 nitrogen and oxygen atoms in total. The van der Waals surface area contributed by atoms with Gasteiger partial charge >= 0.3 is 6.03 Å². The van der Waals surface area contributed by atoms with Crippen LogP contribution in [0.25, 0.3) is 0 Å². The van der Waals surface area contributed by atoms with Crippen molar-refractivity contribution in [2.45, 2.75) is 32.9 Å². The van der Waals surface area contributed by atoms with E-state index < -0.39 is 6.03 Å². The Morgan fingerprint density at radius 2 is 1.57 bits per heavy atom. The van der Waals surface area contributed by atoms with E-state index in [4.69, 9.17) is 4.74 Å². The molecule has 0 aliphatic rings. The lowest BCUT2D eigenvalue weighted by molar-refractivity contribution is -0.120. The number of rotatable bonds is 9. The van der Waals surface area contributed by atoms with E-state index in [1.165, 1.54) is 12.1 Å². The van der Waals surface area contributed by atoms with Crippen molar-refractivity contribution in [3.63, 3.8) is 0 Å². The summed E-state index contributed by atoms with van der Waals surface area (Å²) in [5, 5.41) is 7.85. The third kappa shape index (κ3) is 8.07. The first-order valence-corrected chi connectivity index (χ1v) is 9.21. The summed E-state index contributed by atoms with van der Waals surface area (Å²) in [5.74, 6) is 0.222. The molecule has 0 heterocycles. The smallest absolute Gasteiger partial charge is 0.315 e. The monoisotopic (exact) mass is 387 g/mol. The zero-order valence-electron chi connectivity index (χ0n) is 16.1. The van der Waals surface area contributed by atoms with Crippen molar-refractivity contribution < 1.29 is 18.7 Å². The molecule has 3 N–H and O–H groups in total. The average molecular weight is 387 g/mol. The molecule has 0 atom stereocenters. The second kappa shape index (κ2) is 10.9. The van der Waals surface area contributed by atoms with Gasteiger partial charge in [0, 0.05) is 13.1 Å². The van der Waals surface area contributed by atoms with E-state index in [0.29, 0.717) is 13.0 Å². The third-order valence-electron chi connectivity index (χ3n) is 3.81. The highest BCUT2D eigenvalue weighted by molar-refractivity contribution is 5.83.